The van der Waals surface area contributed by atoms with Gasteiger partial charge >= 0.3 is 0 Å². The molecule has 2 aromatic rings. The maximum absolute atomic E-state index is 6.24. The Hall–Kier alpha value is -1.79. The number of nitrogens with one attached hydrogen (secondary N) is 1. The Kier molecular flexibility index (Phi) is 5.63. The van der Waals surface area contributed by atoms with Gasteiger partial charge in [-0.2, -0.15) is 0 Å². The highest BCUT2D eigenvalue weighted by molar-refractivity contribution is 6.32. The number of aryl methyl sites for hydroxylation is 1. The van der Waals surface area contributed by atoms with E-state index in [-0.39, 0.29) is 0 Å². The summed E-state index contributed by atoms with van der Waals surface area (Å²) in [7, 11) is 3.53. The van der Waals surface area contributed by atoms with Crippen molar-refractivity contribution in [1.29, 1.82) is 0 Å². The fourth-order valence-electron chi connectivity index (χ4n) is 2.11. The highest BCUT2D eigenvalue weighted by Gasteiger charge is 2.11. The molecule has 1 aromatic heterocycles. The first-order valence-corrected chi connectivity index (χ1v) is 7.49. The third-order valence-corrected chi connectivity index (χ3v) is 3.65. The summed E-state index contributed by atoms with van der Waals surface area (Å²) in [6.45, 7) is 5.69. The third kappa shape index (κ3) is 3.69. The van der Waals surface area contributed by atoms with E-state index in [9.17, 15) is 0 Å². The molecule has 22 heavy (non-hydrogen) atoms. The summed E-state index contributed by atoms with van der Waals surface area (Å²) >= 11 is 6.24. The molecule has 1 heterocycles. The van der Waals surface area contributed by atoms with Gasteiger partial charge in [-0.3, -0.25) is 0 Å². The van der Waals surface area contributed by atoms with Crippen LogP contribution in [-0.2, 0) is 20.1 Å². The van der Waals surface area contributed by atoms with Gasteiger partial charge in [0.25, 0.3) is 0 Å². The van der Waals surface area contributed by atoms with Crippen LogP contribution in [0.5, 0.6) is 11.5 Å². The van der Waals surface area contributed by atoms with Crippen molar-refractivity contribution in [1.82, 2.24) is 20.1 Å². The van der Waals surface area contributed by atoms with Crippen LogP contribution in [0, 0.1) is 6.92 Å². The van der Waals surface area contributed by atoms with Crippen molar-refractivity contribution < 1.29 is 9.47 Å². The first kappa shape index (κ1) is 16.6. The monoisotopic (exact) mass is 324 g/mol. The van der Waals surface area contributed by atoms with Crippen molar-refractivity contribution in [3.05, 3.63) is 34.4 Å². The van der Waals surface area contributed by atoms with Crippen LogP contribution in [0.15, 0.2) is 12.1 Å². The van der Waals surface area contributed by atoms with Crippen LogP contribution in [0.3, 0.4) is 0 Å². The van der Waals surface area contributed by atoms with E-state index in [1.165, 1.54) is 0 Å². The summed E-state index contributed by atoms with van der Waals surface area (Å²) in [5, 5.41) is 12.0. The van der Waals surface area contributed by atoms with Gasteiger partial charge in [0.1, 0.15) is 11.6 Å². The highest BCUT2D eigenvalue weighted by atomic mass is 35.5. The van der Waals surface area contributed by atoms with Crippen LogP contribution < -0.4 is 14.8 Å². The molecule has 0 atom stereocenters. The number of hydrogen-bond donors (Lipinski definition) is 1. The molecule has 0 radical (unpaired) electrons. The number of aromatic nitrogens is 3. The van der Waals surface area contributed by atoms with Crippen LogP contribution in [-0.4, -0.2) is 28.5 Å². The second-order valence-corrected chi connectivity index (χ2v) is 5.28. The number of halogens is 1. The van der Waals surface area contributed by atoms with Gasteiger partial charge in [-0.05, 0) is 31.5 Å². The summed E-state index contributed by atoms with van der Waals surface area (Å²) in [4.78, 5) is 0. The van der Waals surface area contributed by atoms with Crippen molar-refractivity contribution in [2.24, 2.45) is 7.05 Å². The Morgan fingerprint density at radius 1 is 1.27 bits per heavy atom. The minimum Gasteiger partial charge on any atom is -0.491 e. The molecular weight excluding hydrogens is 304 g/mol. The van der Waals surface area contributed by atoms with Gasteiger partial charge in [-0.25, -0.2) is 0 Å². The minimum atomic E-state index is 0.541. The normalized spacial score (nSPS) is 10.8. The fourth-order valence-corrected chi connectivity index (χ4v) is 2.42. The molecule has 2 rings (SSSR count). The van der Waals surface area contributed by atoms with Crippen molar-refractivity contribution >= 4 is 11.6 Å². The van der Waals surface area contributed by atoms with E-state index in [0.717, 1.165) is 17.2 Å². The van der Waals surface area contributed by atoms with E-state index < -0.39 is 0 Å². The van der Waals surface area contributed by atoms with Crippen molar-refractivity contribution in [3.8, 4) is 11.5 Å². The summed E-state index contributed by atoms with van der Waals surface area (Å²) in [5.74, 6) is 3.00. The molecule has 0 saturated heterocycles. The van der Waals surface area contributed by atoms with E-state index in [4.69, 9.17) is 21.1 Å². The summed E-state index contributed by atoms with van der Waals surface area (Å²) in [5.41, 5.74) is 1.02. The first-order chi connectivity index (χ1) is 10.6. The van der Waals surface area contributed by atoms with Gasteiger partial charge in [0.2, 0.25) is 0 Å². The van der Waals surface area contributed by atoms with E-state index in [2.05, 4.69) is 15.5 Å². The molecule has 0 aliphatic rings. The molecule has 7 heteroatoms. The van der Waals surface area contributed by atoms with Gasteiger partial charge in [-0.1, -0.05) is 11.6 Å². The van der Waals surface area contributed by atoms with Gasteiger partial charge in [0.05, 0.1) is 25.3 Å². The Balaban J connectivity index is 2.05. The number of ether oxygens (including phenoxy) is 2. The Morgan fingerprint density at radius 2 is 2.05 bits per heavy atom. The predicted octanol–water partition coefficient (Wildman–Crippen LogP) is 2.47. The molecule has 1 N–H and O–H groups in total. The molecule has 0 aliphatic heterocycles. The number of benzene rings is 1. The molecule has 0 saturated carbocycles. The van der Waals surface area contributed by atoms with E-state index >= 15 is 0 Å². The first-order valence-electron chi connectivity index (χ1n) is 7.11. The smallest absolute Gasteiger partial charge is 0.179 e. The minimum absolute atomic E-state index is 0.541. The molecule has 0 bridgehead atoms. The molecule has 0 spiro atoms. The molecule has 1 aromatic carbocycles. The standard InChI is InChI=1S/C15H21ClN4O2/c1-5-22-13-7-11(6-12(16)15(13)21-4)8-17-9-14-19-18-10(2)20(14)3/h6-7,17H,5,8-9H2,1-4H3. The molecular formula is C15H21ClN4O2. The summed E-state index contributed by atoms with van der Waals surface area (Å²) in [6, 6.07) is 3.81. The zero-order chi connectivity index (χ0) is 16.1. The summed E-state index contributed by atoms with van der Waals surface area (Å²) in [6.07, 6.45) is 0. The zero-order valence-corrected chi connectivity index (χ0v) is 14.1. The van der Waals surface area contributed by atoms with Crippen LogP contribution in [0.1, 0.15) is 24.1 Å². The average molecular weight is 325 g/mol. The lowest BCUT2D eigenvalue weighted by molar-refractivity contribution is 0.310. The van der Waals surface area contributed by atoms with Gasteiger partial charge < -0.3 is 19.4 Å². The molecule has 120 valence electrons. The number of nitrogens with zero attached hydrogens (tertiary/aromatic N) is 3. The van der Waals surface area contributed by atoms with E-state index in [1.807, 2.05) is 37.6 Å². The number of hydrogen-bond acceptors (Lipinski definition) is 5. The molecule has 0 aliphatic carbocycles. The predicted molar refractivity (Wildman–Crippen MR) is 85.5 cm³/mol. The Bertz CT molecular complexity index is 643. The topological polar surface area (TPSA) is 61.2 Å². The van der Waals surface area contributed by atoms with Crippen LogP contribution in [0.2, 0.25) is 5.02 Å². The van der Waals surface area contributed by atoms with Crippen molar-refractivity contribution in [3.63, 3.8) is 0 Å². The molecule has 0 fully saturated rings. The molecule has 0 amide bonds. The van der Waals surface area contributed by atoms with Crippen LogP contribution in [0.4, 0.5) is 0 Å². The maximum atomic E-state index is 6.24. The SMILES string of the molecule is CCOc1cc(CNCc2nnc(C)n2C)cc(Cl)c1OC. The largest absolute Gasteiger partial charge is 0.491 e. The van der Waals surface area contributed by atoms with Gasteiger partial charge in [0.15, 0.2) is 11.5 Å². The number of methoxy groups -OCH3 is 1. The quantitative estimate of drug-likeness (QED) is 0.847. The molecule has 0 unspecified atom stereocenters. The molecule has 6 nitrogen and oxygen atoms in total. The lowest BCUT2D eigenvalue weighted by Crippen LogP contribution is -2.16. The lowest BCUT2D eigenvalue weighted by atomic mass is 10.2. The second kappa shape index (κ2) is 7.47. The maximum Gasteiger partial charge on any atom is 0.179 e. The second-order valence-electron chi connectivity index (χ2n) is 4.87. The lowest BCUT2D eigenvalue weighted by Gasteiger charge is -2.13. The van der Waals surface area contributed by atoms with Crippen LogP contribution >= 0.6 is 11.6 Å². The van der Waals surface area contributed by atoms with Crippen molar-refractivity contribution in [2.45, 2.75) is 26.9 Å². The highest BCUT2D eigenvalue weighted by Crippen LogP contribution is 2.36. The zero-order valence-electron chi connectivity index (χ0n) is 13.3. The number of rotatable bonds is 7. The van der Waals surface area contributed by atoms with Gasteiger partial charge in [0, 0.05) is 13.6 Å². The summed E-state index contributed by atoms with van der Waals surface area (Å²) < 4.78 is 12.8. The van der Waals surface area contributed by atoms with Gasteiger partial charge in [-0.15, -0.1) is 10.2 Å². The van der Waals surface area contributed by atoms with Crippen LogP contribution in [0.25, 0.3) is 0 Å². The Morgan fingerprint density at radius 3 is 2.64 bits per heavy atom. The Labute approximate surface area is 135 Å². The van der Waals surface area contributed by atoms with Crippen molar-refractivity contribution in [2.75, 3.05) is 13.7 Å². The van der Waals surface area contributed by atoms with E-state index in [0.29, 0.717) is 36.2 Å². The fraction of sp³-hybridized carbons (Fsp3) is 0.467. The average Bonchev–Trinajstić information content (AvgIpc) is 2.79. The van der Waals surface area contributed by atoms with E-state index in [1.54, 1.807) is 7.11 Å². The third-order valence-electron chi connectivity index (χ3n) is 3.37.